The fourth-order valence-electron chi connectivity index (χ4n) is 3.91. The van der Waals surface area contributed by atoms with Crippen LogP contribution in [-0.4, -0.2) is 87.9 Å². The maximum Gasteiger partial charge on any atom is 0.191 e. The van der Waals surface area contributed by atoms with E-state index in [9.17, 15) is 0 Å². The van der Waals surface area contributed by atoms with Crippen molar-refractivity contribution in [3.8, 4) is 5.75 Å². The van der Waals surface area contributed by atoms with Crippen LogP contribution in [0.3, 0.4) is 0 Å². The van der Waals surface area contributed by atoms with E-state index in [1.54, 1.807) is 0 Å². The number of para-hydroxylation sites is 1. The molecule has 1 aliphatic heterocycles. The van der Waals surface area contributed by atoms with E-state index in [1.807, 2.05) is 19.2 Å². The van der Waals surface area contributed by atoms with Gasteiger partial charge < -0.3 is 25.0 Å². The molecule has 2 N–H and O–H groups in total. The predicted octanol–water partition coefficient (Wildman–Crippen LogP) is 3.05. The SMILES string of the molecule is CCN(CC)CCOc1ccccc1CNC(=NC)NCC(C(C)C)N1CCOCC1.I. The molecule has 184 valence electrons. The normalized spacial score (nSPS) is 16.0. The zero-order valence-electron chi connectivity index (χ0n) is 20.6. The Labute approximate surface area is 212 Å². The van der Waals surface area contributed by atoms with Crippen LogP contribution in [0, 0.1) is 5.92 Å². The lowest BCUT2D eigenvalue weighted by Gasteiger charge is -2.37. The minimum absolute atomic E-state index is 0. The van der Waals surface area contributed by atoms with Crippen molar-refractivity contribution in [1.82, 2.24) is 20.4 Å². The highest BCUT2D eigenvalue weighted by Gasteiger charge is 2.23. The molecule has 1 heterocycles. The fraction of sp³-hybridized carbons (Fsp3) is 0.708. The molecule has 1 aromatic carbocycles. The number of nitrogens with one attached hydrogen (secondary N) is 2. The van der Waals surface area contributed by atoms with Crippen molar-refractivity contribution in [3.05, 3.63) is 29.8 Å². The van der Waals surface area contributed by atoms with Gasteiger partial charge in [0.15, 0.2) is 5.96 Å². The molecule has 0 amide bonds. The van der Waals surface area contributed by atoms with Crippen LogP contribution < -0.4 is 15.4 Å². The summed E-state index contributed by atoms with van der Waals surface area (Å²) >= 11 is 0. The molecule has 1 aromatic rings. The number of benzene rings is 1. The smallest absolute Gasteiger partial charge is 0.191 e. The number of halogens is 1. The first-order valence-corrected chi connectivity index (χ1v) is 11.8. The van der Waals surface area contributed by atoms with Crippen molar-refractivity contribution >= 4 is 29.9 Å². The number of likely N-dealkylation sites (N-methyl/N-ethyl adjacent to an activating group) is 1. The minimum atomic E-state index is 0. The van der Waals surface area contributed by atoms with Crippen molar-refractivity contribution in [2.45, 2.75) is 40.3 Å². The number of morpholine rings is 1. The highest BCUT2D eigenvalue weighted by molar-refractivity contribution is 14.0. The lowest BCUT2D eigenvalue weighted by atomic mass is 10.0. The summed E-state index contributed by atoms with van der Waals surface area (Å²) < 4.78 is 11.6. The van der Waals surface area contributed by atoms with E-state index in [2.05, 4.69) is 65.3 Å². The molecule has 0 aromatic heterocycles. The average Bonchev–Trinajstić information content (AvgIpc) is 2.80. The second-order valence-corrected chi connectivity index (χ2v) is 8.25. The number of hydrogen-bond acceptors (Lipinski definition) is 5. The third kappa shape index (κ3) is 9.80. The second kappa shape index (κ2) is 16.5. The Bertz CT molecular complexity index is 649. The molecule has 0 radical (unpaired) electrons. The van der Waals surface area contributed by atoms with Gasteiger partial charge in [0.25, 0.3) is 0 Å². The number of rotatable bonds is 12. The number of hydrogen-bond donors (Lipinski definition) is 2. The van der Waals surface area contributed by atoms with Gasteiger partial charge >= 0.3 is 0 Å². The van der Waals surface area contributed by atoms with Gasteiger partial charge in [0, 0.05) is 51.4 Å². The number of nitrogens with zero attached hydrogens (tertiary/aromatic N) is 3. The molecule has 1 saturated heterocycles. The molecule has 0 aliphatic carbocycles. The zero-order valence-corrected chi connectivity index (χ0v) is 22.9. The van der Waals surface area contributed by atoms with Crippen LogP contribution in [0.1, 0.15) is 33.3 Å². The van der Waals surface area contributed by atoms with Crippen LogP contribution >= 0.6 is 24.0 Å². The van der Waals surface area contributed by atoms with Crippen molar-refractivity contribution in [2.24, 2.45) is 10.9 Å². The van der Waals surface area contributed by atoms with Crippen LogP contribution in [-0.2, 0) is 11.3 Å². The van der Waals surface area contributed by atoms with Gasteiger partial charge in [0.05, 0.1) is 13.2 Å². The number of ether oxygens (including phenoxy) is 2. The molecule has 1 aliphatic rings. The van der Waals surface area contributed by atoms with Crippen LogP contribution in [0.4, 0.5) is 0 Å². The van der Waals surface area contributed by atoms with E-state index in [1.165, 1.54) is 0 Å². The van der Waals surface area contributed by atoms with E-state index in [0.717, 1.165) is 69.8 Å². The predicted molar refractivity (Wildman–Crippen MR) is 144 cm³/mol. The molecular weight excluding hydrogens is 517 g/mol. The Kier molecular flexibility index (Phi) is 14.9. The lowest BCUT2D eigenvalue weighted by Crippen LogP contribution is -2.52. The Morgan fingerprint density at radius 2 is 1.84 bits per heavy atom. The molecular formula is C24H44IN5O2. The van der Waals surface area contributed by atoms with E-state index in [-0.39, 0.29) is 24.0 Å². The van der Waals surface area contributed by atoms with E-state index in [4.69, 9.17) is 9.47 Å². The van der Waals surface area contributed by atoms with Crippen molar-refractivity contribution in [1.29, 1.82) is 0 Å². The zero-order chi connectivity index (χ0) is 22.5. The Morgan fingerprint density at radius 1 is 1.16 bits per heavy atom. The minimum Gasteiger partial charge on any atom is -0.492 e. The van der Waals surface area contributed by atoms with Crippen LogP contribution in [0.25, 0.3) is 0 Å². The highest BCUT2D eigenvalue weighted by Crippen LogP contribution is 2.18. The Balaban J connectivity index is 0.00000512. The summed E-state index contributed by atoms with van der Waals surface area (Å²) in [6.07, 6.45) is 0. The summed E-state index contributed by atoms with van der Waals surface area (Å²) in [6, 6.07) is 8.69. The number of guanidine groups is 1. The molecule has 1 atom stereocenters. The first-order valence-electron chi connectivity index (χ1n) is 11.8. The molecule has 0 bridgehead atoms. The molecule has 8 heteroatoms. The Morgan fingerprint density at radius 3 is 2.47 bits per heavy atom. The van der Waals surface area contributed by atoms with Gasteiger partial charge in [-0.2, -0.15) is 0 Å². The van der Waals surface area contributed by atoms with Gasteiger partial charge in [-0.1, -0.05) is 45.9 Å². The van der Waals surface area contributed by atoms with E-state index in [0.29, 0.717) is 25.1 Å². The van der Waals surface area contributed by atoms with Gasteiger partial charge in [-0.3, -0.25) is 9.89 Å². The summed E-state index contributed by atoms with van der Waals surface area (Å²) in [6.45, 7) is 17.8. The van der Waals surface area contributed by atoms with Gasteiger partial charge in [-0.25, -0.2) is 0 Å². The monoisotopic (exact) mass is 561 g/mol. The van der Waals surface area contributed by atoms with Gasteiger partial charge in [-0.15, -0.1) is 24.0 Å². The summed E-state index contributed by atoms with van der Waals surface area (Å²) in [5, 5.41) is 6.97. The van der Waals surface area contributed by atoms with Crippen LogP contribution in [0.2, 0.25) is 0 Å². The molecule has 0 spiro atoms. The second-order valence-electron chi connectivity index (χ2n) is 8.25. The molecule has 0 saturated carbocycles. The van der Waals surface area contributed by atoms with E-state index >= 15 is 0 Å². The number of aliphatic imine (C=N–C) groups is 1. The molecule has 32 heavy (non-hydrogen) atoms. The third-order valence-corrected chi connectivity index (χ3v) is 5.96. The maximum absolute atomic E-state index is 6.09. The molecule has 1 fully saturated rings. The summed E-state index contributed by atoms with van der Waals surface area (Å²) in [7, 11) is 1.82. The molecule has 7 nitrogen and oxygen atoms in total. The quantitative estimate of drug-likeness (QED) is 0.233. The summed E-state index contributed by atoms with van der Waals surface area (Å²) in [5.41, 5.74) is 1.14. The van der Waals surface area contributed by atoms with Gasteiger partial charge in [0.1, 0.15) is 12.4 Å². The van der Waals surface area contributed by atoms with Gasteiger partial charge in [-0.05, 0) is 25.1 Å². The van der Waals surface area contributed by atoms with Crippen molar-refractivity contribution in [2.75, 3.05) is 66.1 Å². The fourth-order valence-corrected chi connectivity index (χ4v) is 3.91. The lowest BCUT2D eigenvalue weighted by molar-refractivity contribution is 0.00752. The maximum atomic E-state index is 6.09. The van der Waals surface area contributed by atoms with Crippen molar-refractivity contribution < 1.29 is 9.47 Å². The van der Waals surface area contributed by atoms with Crippen LogP contribution in [0.5, 0.6) is 5.75 Å². The first kappa shape index (κ1) is 28.9. The third-order valence-electron chi connectivity index (χ3n) is 5.96. The molecule has 2 rings (SSSR count). The van der Waals surface area contributed by atoms with Crippen LogP contribution in [0.15, 0.2) is 29.3 Å². The van der Waals surface area contributed by atoms with E-state index < -0.39 is 0 Å². The topological polar surface area (TPSA) is 61.4 Å². The highest BCUT2D eigenvalue weighted by atomic mass is 127. The largest absolute Gasteiger partial charge is 0.492 e. The average molecular weight is 562 g/mol. The summed E-state index contributed by atoms with van der Waals surface area (Å²) in [4.78, 5) is 9.31. The molecule has 1 unspecified atom stereocenters. The Hall–Kier alpha value is -1.10. The summed E-state index contributed by atoms with van der Waals surface area (Å²) in [5.74, 6) is 2.31. The van der Waals surface area contributed by atoms with Gasteiger partial charge in [0.2, 0.25) is 0 Å². The first-order chi connectivity index (χ1) is 15.1. The standard InChI is InChI=1S/C24H43N5O2.HI/c1-6-28(7-2)12-17-31-23-11-9-8-10-21(23)18-26-24(25-5)27-19-22(20(3)4)29-13-15-30-16-14-29;/h8-11,20,22H,6-7,12-19H2,1-5H3,(H2,25,26,27);1H. The van der Waals surface area contributed by atoms with Crippen molar-refractivity contribution in [3.63, 3.8) is 0 Å².